The van der Waals surface area contributed by atoms with E-state index in [0.717, 1.165) is 11.1 Å². The number of carbonyl (C=O) groups is 1. The third-order valence-corrected chi connectivity index (χ3v) is 6.38. The fourth-order valence-electron chi connectivity index (χ4n) is 4.40. The molecular weight excluding hydrogens is 471 g/mol. The highest BCUT2D eigenvalue weighted by Gasteiger charge is 2.30. The minimum Gasteiger partial charge on any atom is -0.495 e. The monoisotopic (exact) mass is 498 g/mol. The van der Waals surface area contributed by atoms with Gasteiger partial charge in [-0.2, -0.15) is 5.10 Å². The summed E-state index contributed by atoms with van der Waals surface area (Å²) in [6, 6.07) is 6.49. The van der Waals surface area contributed by atoms with Gasteiger partial charge in [0.15, 0.2) is 5.65 Å². The van der Waals surface area contributed by atoms with Gasteiger partial charge in [0.25, 0.3) is 0 Å². The molecule has 1 fully saturated rings. The summed E-state index contributed by atoms with van der Waals surface area (Å²) < 4.78 is 21.5. The number of anilines is 1. The van der Waals surface area contributed by atoms with Crippen LogP contribution in [0, 0.1) is 5.82 Å². The van der Waals surface area contributed by atoms with Crippen LogP contribution in [0.2, 0.25) is 5.02 Å². The number of allylic oxidation sites excluding steroid dienone is 1. The van der Waals surface area contributed by atoms with Crippen molar-refractivity contribution in [3.8, 4) is 5.75 Å². The van der Waals surface area contributed by atoms with Gasteiger partial charge >= 0.3 is 0 Å². The fraction of sp³-hybridized carbons (Fsp3) is 0.360. The molecule has 0 radical (unpaired) electrons. The summed E-state index contributed by atoms with van der Waals surface area (Å²) in [5.41, 5.74) is 2.45. The quantitative estimate of drug-likeness (QED) is 0.470. The van der Waals surface area contributed by atoms with E-state index in [-0.39, 0.29) is 23.5 Å². The van der Waals surface area contributed by atoms with Gasteiger partial charge in [0.1, 0.15) is 23.8 Å². The summed E-state index contributed by atoms with van der Waals surface area (Å²) in [6.07, 6.45) is 5.28. The van der Waals surface area contributed by atoms with Crippen LogP contribution < -0.4 is 9.64 Å². The number of aliphatic imine (C=N–C) groups is 1. The van der Waals surface area contributed by atoms with Crippen LogP contribution in [0.1, 0.15) is 26.5 Å². The first-order chi connectivity index (χ1) is 16.9. The largest absolute Gasteiger partial charge is 0.495 e. The molecular formula is C25H28ClFN6O2. The van der Waals surface area contributed by atoms with Gasteiger partial charge in [0.05, 0.1) is 23.5 Å². The highest BCUT2D eigenvalue weighted by Crippen LogP contribution is 2.33. The number of amides is 1. The number of hydrogen-bond acceptors (Lipinski definition) is 6. The van der Waals surface area contributed by atoms with Crippen LogP contribution in [0.4, 0.5) is 10.1 Å². The van der Waals surface area contributed by atoms with Gasteiger partial charge in [-0.3, -0.25) is 9.79 Å². The molecule has 8 nitrogen and oxygen atoms in total. The van der Waals surface area contributed by atoms with Gasteiger partial charge < -0.3 is 14.5 Å². The fourth-order valence-corrected chi connectivity index (χ4v) is 4.63. The molecule has 10 heteroatoms. The maximum Gasteiger partial charge on any atom is 0.244 e. The van der Waals surface area contributed by atoms with E-state index < -0.39 is 5.82 Å². The molecule has 184 valence electrons. The number of nitrogens with zero attached hydrogens (tertiary/aromatic N) is 6. The molecule has 0 bridgehead atoms. The summed E-state index contributed by atoms with van der Waals surface area (Å²) >= 11 is 6.04. The van der Waals surface area contributed by atoms with Crippen LogP contribution in [0.3, 0.4) is 0 Å². The Morgan fingerprint density at radius 2 is 2.14 bits per heavy atom. The molecule has 0 spiro atoms. The summed E-state index contributed by atoms with van der Waals surface area (Å²) in [7, 11) is 1.50. The van der Waals surface area contributed by atoms with Crippen molar-refractivity contribution in [3.05, 3.63) is 53.1 Å². The maximum absolute atomic E-state index is 14.6. The molecule has 0 saturated carbocycles. The van der Waals surface area contributed by atoms with Crippen molar-refractivity contribution in [3.63, 3.8) is 0 Å². The maximum atomic E-state index is 14.6. The SMILES string of the molecule is CC=N/C(=C\C)c1nn(CC(=O)N2CCN(c3cc(OC)c(Cl)cc3F)CC2C)c2ncccc12. The van der Waals surface area contributed by atoms with Gasteiger partial charge in [-0.1, -0.05) is 17.7 Å². The molecule has 35 heavy (non-hydrogen) atoms. The highest BCUT2D eigenvalue weighted by atomic mass is 35.5. The van der Waals surface area contributed by atoms with Crippen molar-refractivity contribution in [2.24, 2.45) is 4.99 Å². The van der Waals surface area contributed by atoms with Crippen molar-refractivity contribution in [2.45, 2.75) is 33.4 Å². The number of benzene rings is 1. The number of fused-ring (bicyclic) bond motifs is 1. The minimum absolute atomic E-state index is 0.0494. The molecule has 1 aliphatic rings. The second-order valence-electron chi connectivity index (χ2n) is 8.26. The van der Waals surface area contributed by atoms with E-state index in [1.807, 2.05) is 43.9 Å². The molecule has 3 heterocycles. The van der Waals surface area contributed by atoms with Gasteiger partial charge in [0, 0.05) is 49.5 Å². The van der Waals surface area contributed by atoms with E-state index in [9.17, 15) is 9.18 Å². The smallest absolute Gasteiger partial charge is 0.244 e. The molecule has 3 aromatic rings. The Balaban J connectivity index is 1.53. The summed E-state index contributed by atoms with van der Waals surface area (Å²) in [4.78, 5) is 25.9. The first kappa shape index (κ1) is 24.7. The molecule has 1 unspecified atom stereocenters. The average Bonchev–Trinajstić information content (AvgIpc) is 3.20. The molecule has 4 rings (SSSR count). The first-order valence-electron chi connectivity index (χ1n) is 11.4. The second kappa shape index (κ2) is 10.4. The highest BCUT2D eigenvalue weighted by molar-refractivity contribution is 6.32. The van der Waals surface area contributed by atoms with E-state index in [4.69, 9.17) is 16.3 Å². The van der Waals surface area contributed by atoms with E-state index >= 15 is 0 Å². The summed E-state index contributed by atoms with van der Waals surface area (Å²) in [5, 5.41) is 5.74. The van der Waals surface area contributed by atoms with Crippen molar-refractivity contribution in [1.82, 2.24) is 19.7 Å². The Hall–Kier alpha value is -3.46. The van der Waals surface area contributed by atoms with Crippen molar-refractivity contribution >= 4 is 46.1 Å². The zero-order valence-electron chi connectivity index (χ0n) is 20.2. The standard InChI is InChI=1S/C25H28ClFN6O2/c1-5-20(28-6-2)24-17-8-7-9-29-25(17)33(30-24)15-23(34)32-11-10-31(14-16(32)3)21-13-22(35-4)18(26)12-19(21)27/h5-9,12-13,16H,10-11,14-15H2,1-4H3/b20-5-,28-6?. The van der Waals surface area contributed by atoms with E-state index in [2.05, 4.69) is 15.1 Å². The third-order valence-electron chi connectivity index (χ3n) is 6.09. The minimum atomic E-state index is -0.418. The number of halogens is 2. The summed E-state index contributed by atoms with van der Waals surface area (Å²) in [5.74, 6) is -0.0798. The van der Waals surface area contributed by atoms with Crippen molar-refractivity contribution in [2.75, 3.05) is 31.6 Å². The Kier molecular flexibility index (Phi) is 7.35. The van der Waals surface area contributed by atoms with Crippen molar-refractivity contribution in [1.29, 1.82) is 0 Å². The van der Waals surface area contributed by atoms with Crippen LogP contribution in [-0.2, 0) is 11.3 Å². The Labute approximate surface area is 208 Å². The molecule has 1 saturated heterocycles. The number of ether oxygens (including phenoxy) is 1. The van der Waals surface area contributed by atoms with Gasteiger partial charge in [0.2, 0.25) is 5.91 Å². The van der Waals surface area contributed by atoms with E-state index in [1.54, 1.807) is 28.1 Å². The number of pyridine rings is 1. The molecule has 0 N–H and O–H groups in total. The average molecular weight is 499 g/mol. The lowest BCUT2D eigenvalue weighted by Gasteiger charge is -2.41. The van der Waals surface area contributed by atoms with Crippen LogP contribution in [0.25, 0.3) is 16.7 Å². The molecule has 1 aliphatic heterocycles. The third kappa shape index (κ3) is 4.86. The van der Waals surface area contributed by atoms with Gasteiger partial charge in [-0.05, 0) is 39.0 Å². The predicted molar refractivity (Wildman–Crippen MR) is 137 cm³/mol. The normalized spacial score (nSPS) is 17.0. The Bertz CT molecular complexity index is 1300. The molecule has 1 atom stereocenters. The van der Waals surface area contributed by atoms with Crippen LogP contribution >= 0.6 is 11.6 Å². The van der Waals surface area contributed by atoms with Crippen LogP contribution in [0.5, 0.6) is 5.75 Å². The number of hydrogen-bond donors (Lipinski definition) is 0. The number of piperazine rings is 1. The van der Waals surface area contributed by atoms with Gasteiger partial charge in [-0.15, -0.1) is 0 Å². The van der Waals surface area contributed by atoms with Crippen molar-refractivity contribution < 1.29 is 13.9 Å². The number of aromatic nitrogens is 3. The van der Waals surface area contributed by atoms with E-state index in [1.165, 1.54) is 13.2 Å². The number of methoxy groups -OCH3 is 1. The van der Waals surface area contributed by atoms with E-state index in [0.29, 0.717) is 42.4 Å². The summed E-state index contributed by atoms with van der Waals surface area (Å²) in [6.45, 7) is 7.15. The van der Waals surface area contributed by atoms with Gasteiger partial charge in [-0.25, -0.2) is 14.1 Å². The Morgan fingerprint density at radius 1 is 1.34 bits per heavy atom. The molecule has 0 aliphatic carbocycles. The Morgan fingerprint density at radius 3 is 2.83 bits per heavy atom. The molecule has 1 aromatic carbocycles. The predicted octanol–water partition coefficient (Wildman–Crippen LogP) is 4.42. The van der Waals surface area contributed by atoms with Crippen LogP contribution in [0.15, 0.2) is 41.5 Å². The zero-order chi connectivity index (χ0) is 25.1. The number of carbonyl (C=O) groups excluding carboxylic acids is 1. The second-order valence-corrected chi connectivity index (χ2v) is 8.67. The molecule has 1 amide bonds. The lowest BCUT2D eigenvalue weighted by atomic mass is 10.1. The lowest BCUT2D eigenvalue weighted by Crippen LogP contribution is -2.55. The molecule has 2 aromatic heterocycles. The van der Waals surface area contributed by atoms with Crippen LogP contribution in [-0.4, -0.2) is 64.6 Å². The number of rotatable bonds is 6. The lowest BCUT2D eigenvalue weighted by molar-refractivity contribution is -0.134. The zero-order valence-corrected chi connectivity index (χ0v) is 21.0. The first-order valence-corrected chi connectivity index (χ1v) is 11.8. The topological polar surface area (TPSA) is 75.9 Å².